The number of rotatable bonds is 2. The molecule has 0 radical (unpaired) electrons. The fourth-order valence-electron chi connectivity index (χ4n) is 2.89. The average molecular weight is 420 g/mol. The van der Waals surface area contributed by atoms with E-state index in [-0.39, 0.29) is 6.92 Å². The van der Waals surface area contributed by atoms with Gasteiger partial charge in [-0.25, -0.2) is 0 Å². The summed E-state index contributed by atoms with van der Waals surface area (Å²) in [5.41, 5.74) is -15.2. The van der Waals surface area contributed by atoms with Gasteiger partial charge < -0.3 is 0 Å². The Hall–Kier alpha value is -1.62. The van der Waals surface area contributed by atoms with Gasteiger partial charge in [-0.05, 0) is 30.4 Å². The zero-order chi connectivity index (χ0) is 21.7. The molecular formula is C15H12F12. The monoisotopic (exact) mass is 420 g/mol. The number of alkyl halides is 12. The summed E-state index contributed by atoms with van der Waals surface area (Å²) in [7, 11) is 0. The second-order valence-electron chi connectivity index (χ2n) is 5.84. The lowest BCUT2D eigenvalue weighted by atomic mass is 9.80. The maximum Gasteiger partial charge on any atom is 0.417 e. The Morgan fingerprint density at radius 1 is 0.593 bits per heavy atom. The summed E-state index contributed by atoms with van der Waals surface area (Å²) in [5, 5.41) is 0. The molecule has 0 nitrogen and oxygen atoms in total. The Bertz CT molecular complexity index is 647. The lowest BCUT2D eigenvalue weighted by Crippen LogP contribution is -2.30. The number of halogens is 12. The highest BCUT2D eigenvalue weighted by molar-refractivity contribution is 5.57. The van der Waals surface area contributed by atoms with Crippen molar-refractivity contribution in [2.45, 2.75) is 57.8 Å². The Balaban J connectivity index is 4.50. The lowest BCUT2D eigenvalue weighted by Gasteiger charge is -2.31. The molecule has 12 heteroatoms. The van der Waals surface area contributed by atoms with Gasteiger partial charge in [-0.15, -0.1) is 0 Å². The first-order valence-corrected chi connectivity index (χ1v) is 7.25. The van der Waals surface area contributed by atoms with Crippen LogP contribution < -0.4 is 0 Å². The minimum absolute atomic E-state index is 0.0451. The summed E-state index contributed by atoms with van der Waals surface area (Å²) in [4.78, 5) is 0. The van der Waals surface area contributed by atoms with Crippen LogP contribution in [0.25, 0.3) is 0 Å². The lowest BCUT2D eigenvalue weighted by molar-refractivity contribution is -0.172. The van der Waals surface area contributed by atoms with Gasteiger partial charge in [0.1, 0.15) is 0 Å². The molecule has 0 saturated heterocycles. The van der Waals surface area contributed by atoms with Crippen molar-refractivity contribution < 1.29 is 52.7 Å². The predicted molar refractivity (Wildman–Crippen MR) is 69.9 cm³/mol. The standard InChI is InChI=1S/C15H12F12/c1-4-5(2)7-10(14(22,23)24)8(12(16,17)18)6(3)9(13(19,20)21)11(7)15(25,26)27/h5H,4H2,1-3H3. The van der Waals surface area contributed by atoms with Crippen molar-refractivity contribution in [2.24, 2.45) is 0 Å². The van der Waals surface area contributed by atoms with E-state index in [9.17, 15) is 52.7 Å². The van der Waals surface area contributed by atoms with E-state index in [2.05, 4.69) is 0 Å². The first kappa shape index (κ1) is 23.4. The van der Waals surface area contributed by atoms with E-state index in [0.29, 0.717) is 6.92 Å². The fourth-order valence-corrected chi connectivity index (χ4v) is 2.89. The van der Waals surface area contributed by atoms with Crippen molar-refractivity contribution in [2.75, 3.05) is 0 Å². The molecule has 0 aliphatic heterocycles. The summed E-state index contributed by atoms with van der Waals surface area (Å²) in [6.07, 6.45) is -24.4. The SMILES string of the molecule is CCC(C)c1c(C(F)(F)F)c(C(F)(F)F)c(C)c(C(F)(F)F)c1C(F)(F)F. The molecule has 0 heterocycles. The molecule has 0 aliphatic carbocycles. The normalized spacial score (nSPS) is 15.2. The van der Waals surface area contributed by atoms with E-state index in [1.807, 2.05) is 0 Å². The molecule has 0 spiro atoms. The van der Waals surface area contributed by atoms with Gasteiger partial charge in [0.05, 0.1) is 22.3 Å². The first-order chi connectivity index (χ1) is 11.8. The second-order valence-corrected chi connectivity index (χ2v) is 5.84. The Kier molecular flexibility index (Phi) is 5.87. The zero-order valence-corrected chi connectivity index (χ0v) is 13.8. The van der Waals surface area contributed by atoms with Gasteiger partial charge in [0.25, 0.3) is 0 Å². The zero-order valence-electron chi connectivity index (χ0n) is 13.8. The maximum absolute atomic E-state index is 13.4. The van der Waals surface area contributed by atoms with Crippen LogP contribution in [0.1, 0.15) is 59.6 Å². The third kappa shape index (κ3) is 4.45. The van der Waals surface area contributed by atoms with Crippen LogP contribution in [-0.2, 0) is 24.7 Å². The Morgan fingerprint density at radius 2 is 0.852 bits per heavy atom. The van der Waals surface area contributed by atoms with Gasteiger partial charge >= 0.3 is 24.7 Å². The Labute approximate surface area is 145 Å². The molecule has 0 N–H and O–H groups in total. The molecule has 1 aromatic rings. The summed E-state index contributed by atoms with van der Waals surface area (Å²) in [5.74, 6) is -1.87. The molecule has 0 aliphatic rings. The van der Waals surface area contributed by atoms with Crippen molar-refractivity contribution in [1.29, 1.82) is 0 Å². The smallest absolute Gasteiger partial charge is 0.166 e. The van der Waals surface area contributed by atoms with Crippen LogP contribution in [0.2, 0.25) is 0 Å². The second kappa shape index (κ2) is 6.77. The minimum Gasteiger partial charge on any atom is -0.166 e. The highest BCUT2D eigenvalue weighted by Crippen LogP contribution is 2.54. The van der Waals surface area contributed by atoms with Crippen LogP contribution in [0, 0.1) is 6.92 Å². The van der Waals surface area contributed by atoms with Gasteiger partial charge in [0.15, 0.2) is 0 Å². The van der Waals surface area contributed by atoms with Gasteiger partial charge in [-0.2, -0.15) is 52.7 Å². The molecule has 1 atom stereocenters. The van der Waals surface area contributed by atoms with E-state index >= 15 is 0 Å². The van der Waals surface area contributed by atoms with Crippen LogP contribution in [-0.4, -0.2) is 0 Å². The van der Waals surface area contributed by atoms with Crippen molar-refractivity contribution in [3.63, 3.8) is 0 Å². The average Bonchev–Trinajstić information content (AvgIpc) is 2.40. The molecular weight excluding hydrogens is 408 g/mol. The van der Waals surface area contributed by atoms with Crippen molar-refractivity contribution in [3.05, 3.63) is 33.4 Å². The maximum atomic E-state index is 13.4. The van der Waals surface area contributed by atoms with E-state index in [0.717, 1.165) is 6.92 Å². The van der Waals surface area contributed by atoms with E-state index in [1.165, 1.54) is 0 Å². The topological polar surface area (TPSA) is 0 Å². The molecule has 0 bridgehead atoms. The molecule has 1 aromatic carbocycles. The fraction of sp³-hybridized carbons (Fsp3) is 0.600. The number of hydrogen-bond acceptors (Lipinski definition) is 0. The quantitative estimate of drug-likeness (QED) is 0.433. The minimum atomic E-state index is -5.96. The van der Waals surface area contributed by atoms with Crippen molar-refractivity contribution in [3.8, 4) is 0 Å². The van der Waals surface area contributed by atoms with Gasteiger partial charge in [0.2, 0.25) is 0 Å². The summed E-state index contributed by atoms with van der Waals surface area (Å²) in [6.45, 7) is 1.71. The molecule has 0 amide bonds. The summed E-state index contributed by atoms with van der Waals surface area (Å²) >= 11 is 0. The molecule has 1 rings (SSSR count). The van der Waals surface area contributed by atoms with Crippen LogP contribution in [0.15, 0.2) is 0 Å². The molecule has 0 fully saturated rings. The van der Waals surface area contributed by atoms with Crippen LogP contribution in [0.3, 0.4) is 0 Å². The molecule has 1 unspecified atom stereocenters. The third-order valence-electron chi connectivity index (χ3n) is 4.03. The molecule has 156 valence electrons. The molecule has 27 heavy (non-hydrogen) atoms. The van der Waals surface area contributed by atoms with Crippen LogP contribution >= 0.6 is 0 Å². The van der Waals surface area contributed by atoms with Crippen LogP contribution in [0.4, 0.5) is 52.7 Å². The number of hydrogen-bond donors (Lipinski definition) is 0. The Morgan fingerprint density at radius 3 is 1.04 bits per heavy atom. The third-order valence-corrected chi connectivity index (χ3v) is 4.03. The highest BCUT2D eigenvalue weighted by Gasteiger charge is 2.55. The van der Waals surface area contributed by atoms with Gasteiger partial charge in [-0.3, -0.25) is 0 Å². The molecule has 0 aromatic heterocycles. The van der Waals surface area contributed by atoms with E-state index < -0.39 is 70.4 Å². The van der Waals surface area contributed by atoms with Crippen molar-refractivity contribution in [1.82, 2.24) is 0 Å². The predicted octanol–water partition coefficient (Wildman–Crippen LogP) is 7.58. The number of benzene rings is 1. The largest absolute Gasteiger partial charge is 0.417 e. The summed E-state index contributed by atoms with van der Waals surface area (Å²) in [6, 6.07) is 0. The molecule has 0 saturated carbocycles. The summed E-state index contributed by atoms with van der Waals surface area (Å²) < 4.78 is 160. The van der Waals surface area contributed by atoms with Crippen molar-refractivity contribution >= 4 is 0 Å². The van der Waals surface area contributed by atoms with Crippen LogP contribution in [0.5, 0.6) is 0 Å². The van der Waals surface area contributed by atoms with E-state index in [1.54, 1.807) is 0 Å². The van der Waals surface area contributed by atoms with Gasteiger partial charge in [-0.1, -0.05) is 13.8 Å². The van der Waals surface area contributed by atoms with E-state index in [4.69, 9.17) is 0 Å². The first-order valence-electron chi connectivity index (χ1n) is 7.25. The van der Waals surface area contributed by atoms with Gasteiger partial charge in [0, 0.05) is 0 Å². The highest BCUT2D eigenvalue weighted by atomic mass is 19.4.